The number of nitrogens with zero attached hydrogens (tertiary/aromatic N) is 2. The fourth-order valence-corrected chi connectivity index (χ4v) is 2.57. The number of aliphatic imine (C=N–C) groups is 1. The fraction of sp³-hybridized carbons (Fsp3) is 0.444. The summed E-state index contributed by atoms with van der Waals surface area (Å²) < 4.78 is 52.4. The highest BCUT2D eigenvalue weighted by atomic mass is 19.4. The van der Waals surface area contributed by atoms with E-state index in [2.05, 4.69) is 25.8 Å². The van der Waals surface area contributed by atoms with Crippen molar-refractivity contribution in [3.05, 3.63) is 52.6 Å². The van der Waals surface area contributed by atoms with E-state index in [0.29, 0.717) is 25.1 Å². The molecule has 0 spiro atoms. The highest BCUT2D eigenvalue weighted by molar-refractivity contribution is 5.79. The molecule has 0 atom stereocenters. The first-order valence-corrected chi connectivity index (χ1v) is 8.68. The number of guanidine groups is 1. The van der Waals surface area contributed by atoms with Gasteiger partial charge in [-0.05, 0) is 49.9 Å². The molecule has 0 aliphatic carbocycles. The number of benzene rings is 1. The van der Waals surface area contributed by atoms with Crippen molar-refractivity contribution in [1.82, 2.24) is 20.8 Å². The highest BCUT2D eigenvalue weighted by Crippen LogP contribution is 2.32. The zero-order valence-electron chi connectivity index (χ0n) is 15.3. The molecule has 1 aromatic carbocycles. The van der Waals surface area contributed by atoms with E-state index in [1.54, 1.807) is 6.20 Å². The summed E-state index contributed by atoms with van der Waals surface area (Å²) in [6, 6.07) is 2.62. The molecule has 2 aromatic rings. The van der Waals surface area contributed by atoms with Crippen LogP contribution in [0.1, 0.15) is 35.7 Å². The molecule has 0 aliphatic rings. The van der Waals surface area contributed by atoms with Crippen molar-refractivity contribution in [3.8, 4) is 0 Å². The number of halogens is 4. The van der Waals surface area contributed by atoms with Gasteiger partial charge in [0, 0.05) is 18.8 Å². The second-order valence-corrected chi connectivity index (χ2v) is 6.04. The Hall–Kier alpha value is -2.58. The summed E-state index contributed by atoms with van der Waals surface area (Å²) in [5.41, 5.74) is 1.07. The van der Waals surface area contributed by atoms with Crippen LogP contribution in [-0.4, -0.2) is 29.2 Å². The molecule has 3 N–H and O–H groups in total. The van der Waals surface area contributed by atoms with Crippen LogP contribution in [0.15, 0.2) is 29.4 Å². The molecule has 0 saturated heterocycles. The van der Waals surface area contributed by atoms with E-state index in [1.165, 1.54) is 0 Å². The number of nitrogens with one attached hydrogen (secondary N) is 3. The third kappa shape index (κ3) is 6.26. The van der Waals surface area contributed by atoms with E-state index < -0.39 is 17.6 Å². The molecule has 27 heavy (non-hydrogen) atoms. The minimum atomic E-state index is -4.62. The Labute approximate surface area is 155 Å². The lowest BCUT2D eigenvalue weighted by atomic mass is 10.1. The monoisotopic (exact) mass is 385 g/mol. The van der Waals surface area contributed by atoms with Gasteiger partial charge in [0.2, 0.25) is 0 Å². The Balaban J connectivity index is 1.98. The molecule has 148 valence electrons. The summed E-state index contributed by atoms with van der Waals surface area (Å²) in [6.45, 7) is 4.78. The summed E-state index contributed by atoms with van der Waals surface area (Å²) >= 11 is 0. The van der Waals surface area contributed by atoms with Crippen LogP contribution < -0.4 is 10.6 Å². The van der Waals surface area contributed by atoms with Crippen LogP contribution in [0.2, 0.25) is 0 Å². The minimum Gasteiger partial charge on any atom is -0.357 e. The molecule has 0 unspecified atom stereocenters. The minimum absolute atomic E-state index is 0.0740. The molecule has 2 rings (SSSR count). The lowest BCUT2D eigenvalue weighted by molar-refractivity contribution is -0.138. The van der Waals surface area contributed by atoms with Crippen LogP contribution >= 0.6 is 0 Å². The van der Waals surface area contributed by atoms with Gasteiger partial charge in [-0.2, -0.15) is 18.3 Å². The smallest absolute Gasteiger partial charge is 0.357 e. The maximum absolute atomic E-state index is 13.2. The van der Waals surface area contributed by atoms with Crippen LogP contribution in [0, 0.1) is 12.7 Å². The van der Waals surface area contributed by atoms with Crippen molar-refractivity contribution in [2.24, 2.45) is 4.99 Å². The van der Waals surface area contributed by atoms with Gasteiger partial charge in [0.05, 0.1) is 18.3 Å². The van der Waals surface area contributed by atoms with Crippen molar-refractivity contribution in [2.45, 2.75) is 39.4 Å². The molecule has 0 aliphatic heterocycles. The number of alkyl halides is 3. The first-order chi connectivity index (χ1) is 12.8. The van der Waals surface area contributed by atoms with Gasteiger partial charge in [-0.25, -0.2) is 9.38 Å². The van der Waals surface area contributed by atoms with E-state index in [4.69, 9.17) is 0 Å². The topological polar surface area (TPSA) is 65.1 Å². The van der Waals surface area contributed by atoms with Crippen LogP contribution in [0.25, 0.3) is 0 Å². The second-order valence-electron chi connectivity index (χ2n) is 6.04. The van der Waals surface area contributed by atoms with Crippen molar-refractivity contribution in [3.63, 3.8) is 0 Å². The zero-order chi connectivity index (χ0) is 19.9. The van der Waals surface area contributed by atoms with Gasteiger partial charge in [-0.15, -0.1) is 0 Å². The van der Waals surface area contributed by atoms with Gasteiger partial charge in [-0.3, -0.25) is 5.10 Å². The maximum atomic E-state index is 13.2. The Morgan fingerprint density at radius 1 is 1.22 bits per heavy atom. The molecule has 0 radical (unpaired) electrons. The molecule has 1 aromatic heterocycles. The standard InChI is InChI=1S/C18H23F4N5/c1-3-23-17(24-8-4-5-13-11-26-27-12(13)2)25-10-14-6-7-15(19)9-16(14)18(20,21)22/h6-7,9,11H,3-5,8,10H2,1-2H3,(H,26,27)(H2,23,24,25). The number of aromatic nitrogens is 2. The lowest BCUT2D eigenvalue weighted by Gasteiger charge is -2.14. The van der Waals surface area contributed by atoms with Gasteiger partial charge >= 0.3 is 6.18 Å². The van der Waals surface area contributed by atoms with E-state index in [1.807, 2.05) is 13.8 Å². The zero-order valence-corrected chi connectivity index (χ0v) is 15.3. The molecule has 5 nitrogen and oxygen atoms in total. The average Bonchev–Trinajstić information content (AvgIpc) is 3.01. The van der Waals surface area contributed by atoms with E-state index in [9.17, 15) is 17.6 Å². The molecule has 0 amide bonds. The predicted molar refractivity (Wildman–Crippen MR) is 95.9 cm³/mol. The van der Waals surface area contributed by atoms with Gasteiger partial charge in [0.15, 0.2) is 5.96 Å². The van der Waals surface area contributed by atoms with E-state index in [-0.39, 0.29) is 12.1 Å². The Kier molecular flexibility index (Phi) is 7.20. The molecule has 0 bridgehead atoms. The molecular weight excluding hydrogens is 362 g/mol. The Bertz CT molecular complexity index is 767. The van der Waals surface area contributed by atoms with Crippen molar-refractivity contribution < 1.29 is 17.6 Å². The van der Waals surface area contributed by atoms with Crippen LogP contribution in [0.3, 0.4) is 0 Å². The average molecular weight is 385 g/mol. The fourth-order valence-electron chi connectivity index (χ4n) is 2.57. The third-order valence-corrected chi connectivity index (χ3v) is 3.98. The summed E-state index contributed by atoms with van der Waals surface area (Å²) in [4.78, 5) is 4.19. The largest absolute Gasteiger partial charge is 0.416 e. The third-order valence-electron chi connectivity index (χ3n) is 3.98. The van der Waals surface area contributed by atoms with Crippen molar-refractivity contribution >= 4 is 5.96 Å². The van der Waals surface area contributed by atoms with Crippen molar-refractivity contribution in [1.29, 1.82) is 0 Å². The SMILES string of the molecule is CCNC(=NCc1ccc(F)cc1C(F)(F)F)NCCCc1cn[nH]c1C. The number of aryl methyl sites for hydroxylation is 2. The normalized spacial score (nSPS) is 12.3. The Morgan fingerprint density at radius 2 is 2.00 bits per heavy atom. The number of hydrogen-bond donors (Lipinski definition) is 3. The number of aromatic amines is 1. The van der Waals surface area contributed by atoms with Crippen LogP contribution in [0.4, 0.5) is 17.6 Å². The van der Waals surface area contributed by atoms with E-state index >= 15 is 0 Å². The molecule has 0 saturated carbocycles. The summed E-state index contributed by atoms with van der Waals surface area (Å²) in [7, 11) is 0. The van der Waals surface area contributed by atoms with Gasteiger partial charge in [-0.1, -0.05) is 6.07 Å². The predicted octanol–water partition coefficient (Wildman–Crippen LogP) is 3.56. The summed E-state index contributed by atoms with van der Waals surface area (Å²) in [5, 5.41) is 12.9. The molecule has 0 fully saturated rings. The summed E-state index contributed by atoms with van der Waals surface area (Å²) in [6.07, 6.45) is -1.21. The second kappa shape index (κ2) is 9.38. The van der Waals surface area contributed by atoms with E-state index in [0.717, 1.165) is 36.2 Å². The molecular formula is C18H23F4N5. The first-order valence-electron chi connectivity index (χ1n) is 8.68. The molecule has 1 heterocycles. The van der Waals surface area contributed by atoms with Crippen LogP contribution in [-0.2, 0) is 19.1 Å². The van der Waals surface area contributed by atoms with Gasteiger partial charge in [0.1, 0.15) is 5.82 Å². The number of hydrogen-bond acceptors (Lipinski definition) is 2. The Morgan fingerprint density at radius 3 is 2.63 bits per heavy atom. The summed E-state index contributed by atoms with van der Waals surface area (Å²) in [5.74, 6) is -0.506. The molecule has 9 heteroatoms. The number of H-pyrrole nitrogens is 1. The lowest BCUT2D eigenvalue weighted by Crippen LogP contribution is -2.37. The van der Waals surface area contributed by atoms with Gasteiger partial charge < -0.3 is 10.6 Å². The highest BCUT2D eigenvalue weighted by Gasteiger charge is 2.33. The maximum Gasteiger partial charge on any atom is 0.416 e. The van der Waals surface area contributed by atoms with Crippen molar-refractivity contribution in [2.75, 3.05) is 13.1 Å². The quantitative estimate of drug-likeness (QED) is 0.296. The first kappa shape index (κ1) is 20.7. The van der Waals surface area contributed by atoms with Gasteiger partial charge in [0.25, 0.3) is 0 Å². The number of rotatable bonds is 7. The van der Waals surface area contributed by atoms with Crippen LogP contribution in [0.5, 0.6) is 0 Å².